The largest absolute Gasteiger partial charge is 0.416 e. The van der Waals surface area contributed by atoms with Crippen molar-refractivity contribution in [3.05, 3.63) is 119 Å². The van der Waals surface area contributed by atoms with Crippen LogP contribution < -0.4 is 5.32 Å². The number of halogens is 3. The molecule has 37 heavy (non-hydrogen) atoms. The number of nitrogens with one attached hydrogen (secondary N) is 3. The first-order valence-corrected chi connectivity index (χ1v) is 11.7. The van der Waals surface area contributed by atoms with E-state index in [1.54, 1.807) is 12.4 Å². The van der Waals surface area contributed by atoms with Gasteiger partial charge < -0.3 is 15.3 Å². The van der Waals surface area contributed by atoms with Crippen molar-refractivity contribution in [2.24, 2.45) is 0 Å². The van der Waals surface area contributed by atoms with Crippen LogP contribution in [0.5, 0.6) is 0 Å². The first-order valence-electron chi connectivity index (χ1n) is 11.7. The minimum atomic E-state index is -4.35. The minimum Gasteiger partial charge on any atom is -0.366 e. The topological polar surface area (TPSA) is 82.3 Å². The zero-order chi connectivity index (χ0) is 25.4. The summed E-state index contributed by atoms with van der Waals surface area (Å²) < 4.78 is 38.4. The SMILES string of the molecule is FC(F)(F)c1ccc(CNc2ccc(C(c3c[nH]c4ncccc34)c3c[nH]c4ncccc34)cn2)cc1. The van der Waals surface area contributed by atoms with Gasteiger partial charge in [0.2, 0.25) is 0 Å². The molecule has 0 amide bonds. The van der Waals surface area contributed by atoms with Gasteiger partial charge in [0.05, 0.1) is 5.56 Å². The maximum atomic E-state index is 12.8. The monoisotopic (exact) mass is 498 g/mol. The predicted octanol–water partition coefficient (Wildman–Crippen LogP) is 6.65. The van der Waals surface area contributed by atoms with Crippen molar-refractivity contribution in [2.75, 3.05) is 5.32 Å². The molecule has 0 saturated carbocycles. The second-order valence-corrected chi connectivity index (χ2v) is 8.75. The maximum absolute atomic E-state index is 12.8. The zero-order valence-electron chi connectivity index (χ0n) is 19.4. The normalized spacial score (nSPS) is 12.0. The summed E-state index contributed by atoms with van der Waals surface area (Å²) in [6.07, 6.45) is 4.95. The summed E-state index contributed by atoms with van der Waals surface area (Å²) in [5.41, 5.74) is 4.81. The Morgan fingerprint density at radius 2 is 1.38 bits per heavy atom. The fourth-order valence-corrected chi connectivity index (χ4v) is 4.64. The number of anilines is 1. The van der Waals surface area contributed by atoms with Crippen LogP contribution in [-0.2, 0) is 12.7 Å². The molecule has 0 bridgehead atoms. The molecule has 0 aliphatic carbocycles. The van der Waals surface area contributed by atoms with Crippen molar-refractivity contribution in [2.45, 2.75) is 18.6 Å². The number of nitrogens with zero attached hydrogens (tertiary/aromatic N) is 3. The van der Waals surface area contributed by atoms with E-state index in [4.69, 9.17) is 0 Å². The number of hydrogen-bond acceptors (Lipinski definition) is 4. The number of fused-ring (bicyclic) bond motifs is 2. The molecule has 3 N–H and O–H groups in total. The van der Waals surface area contributed by atoms with Crippen molar-refractivity contribution >= 4 is 27.9 Å². The maximum Gasteiger partial charge on any atom is 0.416 e. The standard InChI is InChI=1S/C28H21F3N6/c29-28(30,31)19-8-5-17(6-9-19)13-34-24-10-7-18(14-35-24)25(22-15-36-26-20(22)3-1-11-32-26)23-16-37-27-21(23)4-2-12-33-27/h1-12,14-16,25H,13H2,(H,32,36)(H,33,37)(H,34,35). The Balaban J connectivity index is 1.31. The molecule has 0 aliphatic rings. The van der Waals surface area contributed by atoms with Crippen LogP contribution in [0.15, 0.2) is 91.6 Å². The number of hydrogen-bond donors (Lipinski definition) is 3. The summed E-state index contributed by atoms with van der Waals surface area (Å²) in [6.45, 7) is 0.357. The fraction of sp³-hybridized carbons (Fsp3) is 0.107. The highest BCUT2D eigenvalue weighted by molar-refractivity contribution is 5.86. The lowest BCUT2D eigenvalue weighted by Crippen LogP contribution is -2.07. The summed E-state index contributed by atoms with van der Waals surface area (Å²) in [5.74, 6) is 0.496. The average molecular weight is 499 g/mol. The Labute approximate surface area is 209 Å². The van der Waals surface area contributed by atoms with Gasteiger partial charge in [0.25, 0.3) is 0 Å². The first kappa shape index (κ1) is 22.8. The summed E-state index contributed by atoms with van der Waals surface area (Å²) in [7, 11) is 0. The first-order chi connectivity index (χ1) is 18.0. The van der Waals surface area contributed by atoms with Crippen LogP contribution in [0.3, 0.4) is 0 Å². The molecule has 5 aromatic heterocycles. The molecule has 5 heterocycles. The summed E-state index contributed by atoms with van der Waals surface area (Å²) in [6, 6.07) is 16.9. The molecule has 1 aromatic carbocycles. The molecule has 0 radical (unpaired) electrons. The summed E-state index contributed by atoms with van der Waals surface area (Å²) >= 11 is 0. The Hall–Kier alpha value is -4.66. The van der Waals surface area contributed by atoms with Crippen molar-refractivity contribution < 1.29 is 13.2 Å². The molecular formula is C28H21F3N6. The van der Waals surface area contributed by atoms with E-state index < -0.39 is 11.7 Å². The van der Waals surface area contributed by atoms with E-state index in [-0.39, 0.29) is 5.92 Å². The second-order valence-electron chi connectivity index (χ2n) is 8.75. The smallest absolute Gasteiger partial charge is 0.366 e. The second kappa shape index (κ2) is 9.09. The Morgan fingerprint density at radius 3 is 1.92 bits per heavy atom. The van der Waals surface area contributed by atoms with Gasteiger partial charge in [-0.1, -0.05) is 18.2 Å². The Bertz CT molecular complexity index is 1590. The quantitative estimate of drug-likeness (QED) is 0.240. The third kappa shape index (κ3) is 4.40. The van der Waals surface area contributed by atoms with Gasteiger partial charge in [0, 0.05) is 54.2 Å². The highest BCUT2D eigenvalue weighted by Gasteiger charge is 2.30. The van der Waals surface area contributed by atoms with E-state index >= 15 is 0 Å². The van der Waals surface area contributed by atoms with Crippen LogP contribution in [0.2, 0.25) is 0 Å². The van der Waals surface area contributed by atoms with Crippen LogP contribution in [0.1, 0.15) is 33.7 Å². The molecule has 0 atom stereocenters. The van der Waals surface area contributed by atoms with Crippen molar-refractivity contribution in [3.8, 4) is 0 Å². The van der Waals surface area contributed by atoms with Gasteiger partial charge in [0.15, 0.2) is 0 Å². The van der Waals surface area contributed by atoms with Crippen LogP contribution in [0.4, 0.5) is 19.0 Å². The molecule has 184 valence electrons. The van der Waals surface area contributed by atoms with Gasteiger partial charge in [-0.2, -0.15) is 13.2 Å². The van der Waals surface area contributed by atoms with Crippen molar-refractivity contribution in [3.63, 3.8) is 0 Å². The number of aromatic nitrogens is 5. The van der Waals surface area contributed by atoms with Gasteiger partial charge in [0.1, 0.15) is 17.1 Å². The number of H-pyrrole nitrogens is 2. The third-order valence-electron chi connectivity index (χ3n) is 6.46. The van der Waals surface area contributed by atoms with Gasteiger partial charge in [-0.05, 0) is 64.7 Å². The molecule has 6 rings (SSSR count). The van der Waals surface area contributed by atoms with E-state index in [1.165, 1.54) is 12.1 Å². The van der Waals surface area contributed by atoms with Crippen molar-refractivity contribution in [1.29, 1.82) is 0 Å². The van der Waals surface area contributed by atoms with Crippen LogP contribution in [-0.4, -0.2) is 24.9 Å². The van der Waals surface area contributed by atoms with E-state index in [0.29, 0.717) is 12.4 Å². The minimum absolute atomic E-state index is 0.132. The average Bonchev–Trinajstić information content (AvgIpc) is 3.53. The Morgan fingerprint density at radius 1 is 0.757 bits per heavy atom. The lowest BCUT2D eigenvalue weighted by atomic mass is 9.86. The number of aromatic amines is 2. The number of benzene rings is 1. The molecule has 9 heteroatoms. The lowest BCUT2D eigenvalue weighted by Gasteiger charge is -2.17. The molecule has 0 fully saturated rings. The Kier molecular flexibility index (Phi) is 5.60. The molecule has 6 nitrogen and oxygen atoms in total. The molecule has 0 spiro atoms. The lowest BCUT2D eigenvalue weighted by molar-refractivity contribution is -0.137. The van der Waals surface area contributed by atoms with Gasteiger partial charge in [-0.3, -0.25) is 0 Å². The van der Waals surface area contributed by atoms with Gasteiger partial charge in [-0.15, -0.1) is 0 Å². The van der Waals surface area contributed by atoms with Gasteiger partial charge in [-0.25, -0.2) is 15.0 Å². The van der Waals surface area contributed by atoms with E-state index in [0.717, 1.165) is 56.5 Å². The highest BCUT2D eigenvalue weighted by Crippen LogP contribution is 2.38. The third-order valence-corrected chi connectivity index (χ3v) is 6.46. The predicted molar refractivity (Wildman–Crippen MR) is 136 cm³/mol. The van der Waals surface area contributed by atoms with Crippen LogP contribution >= 0.6 is 0 Å². The zero-order valence-corrected chi connectivity index (χ0v) is 19.4. The van der Waals surface area contributed by atoms with E-state index in [1.807, 2.05) is 55.0 Å². The fourth-order valence-electron chi connectivity index (χ4n) is 4.64. The van der Waals surface area contributed by atoms with E-state index in [9.17, 15) is 13.2 Å². The molecular weight excluding hydrogens is 477 g/mol. The molecule has 0 unspecified atom stereocenters. The number of alkyl halides is 3. The summed E-state index contributed by atoms with van der Waals surface area (Å²) in [5, 5.41) is 5.24. The number of pyridine rings is 3. The molecule has 6 aromatic rings. The van der Waals surface area contributed by atoms with Crippen LogP contribution in [0, 0.1) is 0 Å². The van der Waals surface area contributed by atoms with E-state index in [2.05, 4.69) is 30.2 Å². The van der Waals surface area contributed by atoms with Gasteiger partial charge >= 0.3 is 6.18 Å². The highest BCUT2D eigenvalue weighted by atomic mass is 19.4. The van der Waals surface area contributed by atoms with Crippen LogP contribution in [0.25, 0.3) is 22.1 Å². The molecule has 0 aliphatic heterocycles. The molecule has 0 saturated heterocycles. The van der Waals surface area contributed by atoms with Crippen molar-refractivity contribution in [1.82, 2.24) is 24.9 Å². The summed E-state index contributed by atoms with van der Waals surface area (Å²) in [4.78, 5) is 20.0. The number of rotatable bonds is 6.